The number of carboxylic acids is 1. The van der Waals surface area contributed by atoms with Crippen molar-refractivity contribution in [3.05, 3.63) is 18.2 Å². The van der Waals surface area contributed by atoms with Crippen LogP contribution in [0, 0.1) is 5.92 Å². The van der Waals surface area contributed by atoms with Gasteiger partial charge in [0.25, 0.3) is 0 Å². The molecule has 1 aromatic heterocycles. The summed E-state index contributed by atoms with van der Waals surface area (Å²) in [5, 5.41) is 10.9. The van der Waals surface area contributed by atoms with Crippen molar-refractivity contribution in [3.63, 3.8) is 0 Å². The number of aromatic nitrogens is 2. The minimum atomic E-state index is -4.75. The van der Waals surface area contributed by atoms with E-state index in [1.54, 1.807) is 17.8 Å². The number of rotatable bonds is 5. The first-order chi connectivity index (χ1) is 7.82. The zero-order valence-electron chi connectivity index (χ0n) is 9.03. The Hall–Kier alpha value is -1.57. The van der Waals surface area contributed by atoms with Crippen molar-refractivity contribution in [2.24, 2.45) is 13.0 Å². The second kappa shape index (κ2) is 5.17. The van der Waals surface area contributed by atoms with Crippen LogP contribution in [0.1, 0.15) is 5.82 Å². The molecular weight excluding hydrogens is 239 g/mol. The van der Waals surface area contributed by atoms with Crippen LogP contribution < -0.4 is 5.32 Å². The topological polar surface area (TPSA) is 67.2 Å². The SMILES string of the molecule is Cn1ccnc1CNCC(C(=O)O)C(F)(F)F. The molecule has 0 radical (unpaired) electrons. The normalized spacial score (nSPS) is 13.6. The molecule has 0 fully saturated rings. The fourth-order valence-corrected chi connectivity index (χ4v) is 1.24. The van der Waals surface area contributed by atoms with Gasteiger partial charge in [0.2, 0.25) is 0 Å². The van der Waals surface area contributed by atoms with E-state index in [0.29, 0.717) is 5.82 Å². The second-order valence-corrected chi connectivity index (χ2v) is 3.52. The van der Waals surface area contributed by atoms with Gasteiger partial charge in [0.1, 0.15) is 5.82 Å². The summed E-state index contributed by atoms with van der Waals surface area (Å²) in [6, 6.07) is 0. The minimum Gasteiger partial charge on any atom is -0.481 e. The van der Waals surface area contributed by atoms with Gasteiger partial charge in [-0.1, -0.05) is 0 Å². The van der Waals surface area contributed by atoms with Gasteiger partial charge in [-0.3, -0.25) is 4.79 Å². The Morgan fingerprint density at radius 2 is 2.29 bits per heavy atom. The second-order valence-electron chi connectivity index (χ2n) is 3.52. The number of imidazole rings is 1. The van der Waals surface area contributed by atoms with Crippen molar-refractivity contribution in [1.29, 1.82) is 0 Å². The van der Waals surface area contributed by atoms with Crippen LogP contribution in [-0.2, 0) is 18.4 Å². The smallest absolute Gasteiger partial charge is 0.403 e. The molecule has 0 aliphatic carbocycles. The van der Waals surface area contributed by atoms with Crippen LogP contribution in [0.2, 0.25) is 0 Å². The maximum Gasteiger partial charge on any atom is 0.403 e. The van der Waals surface area contributed by atoms with Crippen LogP contribution in [0.4, 0.5) is 13.2 Å². The molecule has 0 saturated heterocycles. The molecule has 0 saturated carbocycles. The third kappa shape index (κ3) is 3.74. The molecular formula is C9H12F3N3O2. The fourth-order valence-electron chi connectivity index (χ4n) is 1.24. The Kier molecular flexibility index (Phi) is 4.11. The molecule has 1 unspecified atom stereocenters. The molecule has 0 aliphatic heterocycles. The standard InChI is InChI=1S/C9H12F3N3O2/c1-15-3-2-14-7(15)5-13-4-6(8(16)17)9(10,11)12/h2-3,6,13H,4-5H2,1H3,(H,16,17). The predicted molar refractivity (Wildman–Crippen MR) is 52.1 cm³/mol. The third-order valence-electron chi connectivity index (χ3n) is 2.25. The highest BCUT2D eigenvalue weighted by atomic mass is 19.4. The van der Waals surface area contributed by atoms with Gasteiger partial charge in [-0.05, 0) is 0 Å². The quantitative estimate of drug-likeness (QED) is 0.811. The first-order valence-corrected chi connectivity index (χ1v) is 4.79. The highest BCUT2D eigenvalue weighted by Gasteiger charge is 2.44. The molecule has 0 amide bonds. The molecule has 17 heavy (non-hydrogen) atoms. The van der Waals surface area contributed by atoms with E-state index in [-0.39, 0.29) is 6.54 Å². The number of halogens is 3. The lowest BCUT2D eigenvalue weighted by molar-refractivity contribution is -0.192. The van der Waals surface area contributed by atoms with Gasteiger partial charge in [-0.15, -0.1) is 0 Å². The number of hydrogen-bond donors (Lipinski definition) is 2. The molecule has 1 heterocycles. The highest BCUT2D eigenvalue weighted by Crippen LogP contribution is 2.25. The van der Waals surface area contributed by atoms with Crippen LogP contribution >= 0.6 is 0 Å². The summed E-state index contributed by atoms with van der Waals surface area (Å²) >= 11 is 0. The molecule has 8 heteroatoms. The first-order valence-electron chi connectivity index (χ1n) is 4.79. The number of aliphatic carboxylic acids is 1. The number of hydrogen-bond acceptors (Lipinski definition) is 3. The minimum absolute atomic E-state index is 0.0867. The summed E-state index contributed by atoms with van der Waals surface area (Å²) in [5.74, 6) is -3.75. The van der Waals surface area contributed by atoms with Crippen molar-refractivity contribution < 1.29 is 23.1 Å². The highest BCUT2D eigenvalue weighted by molar-refractivity contribution is 5.71. The maximum atomic E-state index is 12.3. The molecule has 0 spiro atoms. The van der Waals surface area contributed by atoms with Crippen molar-refractivity contribution >= 4 is 5.97 Å². The van der Waals surface area contributed by atoms with E-state index < -0.39 is 24.6 Å². The Bertz CT molecular complexity index is 389. The molecule has 2 N–H and O–H groups in total. The summed E-state index contributed by atoms with van der Waals surface area (Å²) in [5.41, 5.74) is 0. The van der Waals surface area contributed by atoms with E-state index in [1.807, 2.05) is 0 Å². The molecule has 96 valence electrons. The van der Waals surface area contributed by atoms with Crippen LogP contribution in [0.3, 0.4) is 0 Å². The Labute approximate surface area is 95.3 Å². The van der Waals surface area contributed by atoms with Gasteiger partial charge in [-0.2, -0.15) is 13.2 Å². The Morgan fingerprint density at radius 3 is 2.71 bits per heavy atom. The van der Waals surface area contributed by atoms with Gasteiger partial charge in [0.15, 0.2) is 5.92 Å². The number of carboxylic acid groups (broad SMARTS) is 1. The Morgan fingerprint density at radius 1 is 1.65 bits per heavy atom. The number of nitrogens with zero attached hydrogens (tertiary/aromatic N) is 2. The van der Waals surface area contributed by atoms with Crippen LogP contribution in [-0.4, -0.2) is 33.3 Å². The van der Waals surface area contributed by atoms with Gasteiger partial charge in [0, 0.05) is 26.0 Å². The predicted octanol–water partition coefficient (Wildman–Crippen LogP) is 0.773. The van der Waals surface area contributed by atoms with E-state index in [9.17, 15) is 18.0 Å². The Balaban J connectivity index is 2.49. The van der Waals surface area contributed by atoms with Crippen LogP contribution in [0.15, 0.2) is 12.4 Å². The average molecular weight is 251 g/mol. The number of carbonyl (C=O) groups is 1. The van der Waals surface area contributed by atoms with E-state index in [1.165, 1.54) is 6.20 Å². The lowest BCUT2D eigenvalue weighted by atomic mass is 10.1. The lowest BCUT2D eigenvalue weighted by Gasteiger charge is -2.16. The van der Waals surface area contributed by atoms with E-state index >= 15 is 0 Å². The number of alkyl halides is 3. The van der Waals surface area contributed by atoms with E-state index in [2.05, 4.69) is 10.3 Å². The van der Waals surface area contributed by atoms with Crippen molar-refractivity contribution in [3.8, 4) is 0 Å². The van der Waals surface area contributed by atoms with Crippen LogP contribution in [0.5, 0.6) is 0 Å². The largest absolute Gasteiger partial charge is 0.481 e. The summed E-state index contributed by atoms with van der Waals surface area (Å²) < 4.78 is 38.5. The van der Waals surface area contributed by atoms with Crippen LogP contribution in [0.25, 0.3) is 0 Å². The van der Waals surface area contributed by atoms with Gasteiger partial charge < -0.3 is 15.0 Å². The number of nitrogens with one attached hydrogen (secondary N) is 1. The third-order valence-corrected chi connectivity index (χ3v) is 2.25. The average Bonchev–Trinajstić information content (AvgIpc) is 2.56. The van der Waals surface area contributed by atoms with Crippen molar-refractivity contribution in [1.82, 2.24) is 14.9 Å². The summed E-state index contributed by atoms with van der Waals surface area (Å²) in [6.07, 6.45) is -1.59. The maximum absolute atomic E-state index is 12.3. The van der Waals surface area contributed by atoms with Gasteiger partial charge in [0.05, 0.1) is 6.54 Å². The monoisotopic (exact) mass is 251 g/mol. The first kappa shape index (κ1) is 13.5. The molecule has 1 aromatic rings. The zero-order valence-corrected chi connectivity index (χ0v) is 9.03. The summed E-state index contributed by atoms with van der Waals surface area (Å²) in [4.78, 5) is 14.3. The zero-order chi connectivity index (χ0) is 13.1. The van der Waals surface area contributed by atoms with Gasteiger partial charge >= 0.3 is 12.1 Å². The molecule has 1 atom stereocenters. The lowest BCUT2D eigenvalue weighted by Crippen LogP contribution is -2.39. The molecule has 1 rings (SSSR count). The van der Waals surface area contributed by atoms with E-state index in [0.717, 1.165) is 0 Å². The van der Waals surface area contributed by atoms with E-state index in [4.69, 9.17) is 5.11 Å². The molecule has 5 nitrogen and oxygen atoms in total. The molecule has 0 aromatic carbocycles. The number of aryl methyl sites for hydroxylation is 1. The fraction of sp³-hybridized carbons (Fsp3) is 0.556. The van der Waals surface area contributed by atoms with Crippen molar-refractivity contribution in [2.45, 2.75) is 12.7 Å². The van der Waals surface area contributed by atoms with Crippen molar-refractivity contribution in [2.75, 3.05) is 6.54 Å². The van der Waals surface area contributed by atoms with Gasteiger partial charge in [-0.25, -0.2) is 4.98 Å². The summed E-state index contributed by atoms with van der Waals surface area (Å²) in [6.45, 7) is -0.588. The molecule has 0 aliphatic rings. The molecule has 0 bridgehead atoms. The summed E-state index contributed by atoms with van der Waals surface area (Å²) in [7, 11) is 1.70.